The Morgan fingerprint density at radius 2 is 1.73 bits per heavy atom. The molecule has 0 saturated heterocycles. The van der Waals surface area contributed by atoms with Crippen LogP contribution >= 0.6 is 11.6 Å². The predicted molar refractivity (Wildman–Crippen MR) is 98.0 cm³/mol. The number of hydrogen-bond acceptors (Lipinski definition) is 4. The third kappa shape index (κ3) is 5.66. The Morgan fingerprint density at radius 1 is 1.04 bits per heavy atom. The van der Waals surface area contributed by atoms with E-state index in [1.165, 1.54) is 18.2 Å². The molecule has 0 aliphatic heterocycles. The van der Waals surface area contributed by atoms with Gasteiger partial charge in [-0.05, 0) is 30.2 Å². The van der Waals surface area contributed by atoms with Gasteiger partial charge in [0.15, 0.2) is 5.78 Å². The van der Waals surface area contributed by atoms with Crippen LogP contribution in [0.15, 0.2) is 53.4 Å². The maximum Gasteiger partial charge on any atom is 0.303 e. The number of halogens is 1. The Morgan fingerprint density at radius 3 is 2.38 bits per heavy atom. The van der Waals surface area contributed by atoms with E-state index in [9.17, 15) is 18.0 Å². The van der Waals surface area contributed by atoms with E-state index >= 15 is 0 Å². The number of sulfonamides is 1. The molecule has 0 spiro atoms. The molecule has 0 bridgehead atoms. The number of ketones is 1. The molecule has 138 valence electrons. The summed E-state index contributed by atoms with van der Waals surface area (Å²) in [6.07, 6.45) is -0.0221. The van der Waals surface area contributed by atoms with Gasteiger partial charge in [-0.25, -0.2) is 13.1 Å². The smallest absolute Gasteiger partial charge is 0.303 e. The molecular formula is C18H18ClNO5S. The van der Waals surface area contributed by atoms with Gasteiger partial charge in [0, 0.05) is 18.5 Å². The fourth-order valence-electron chi connectivity index (χ4n) is 2.30. The van der Waals surface area contributed by atoms with Gasteiger partial charge in [0.05, 0.1) is 11.4 Å². The van der Waals surface area contributed by atoms with E-state index in [4.69, 9.17) is 16.7 Å². The summed E-state index contributed by atoms with van der Waals surface area (Å²) in [4.78, 5) is 22.4. The van der Waals surface area contributed by atoms with Crippen molar-refractivity contribution in [2.75, 3.05) is 6.54 Å². The molecule has 0 unspecified atom stereocenters. The summed E-state index contributed by atoms with van der Waals surface area (Å²) >= 11 is 5.98. The summed E-state index contributed by atoms with van der Waals surface area (Å²) in [7, 11) is -3.90. The van der Waals surface area contributed by atoms with Crippen molar-refractivity contribution in [3.63, 3.8) is 0 Å². The van der Waals surface area contributed by atoms with E-state index in [0.29, 0.717) is 6.42 Å². The van der Waals surface area contributed by atoms with E-state index < -0.39 is 21.8 Å². The van der Waals surface area contributed by atoms with Crippen molar-refractivity contribution < 1.29 is 23.1 Å². The first kappa shape index (κ1) is 20.1. The first-order valence-corrected chi connectivity index (χ1v) is 9.74. The van der Waals surface area contributed by atoms with Crippen LogP contribution in [-0.2, 0) is 21.2 Å². The average Bonchev–Trinajstić information content (AvgIpc) is 2.60. The Labute approximate surface area is 156 Å². The molecule has 0 amide bonds. The Balaban J connectivity index is 2.11. The van der Waals surface area contributed by atoms with Crippen molar-refractivity contribution in [2.45, 2.75) is 24.2 Å². The van der Waals surface area contributed by atoms with Gasteiger partial charge in [-0.15, -0.1) is 0 Å². The minimum atomic E-state index is -3.90. The van der Waals surface area contributed by atoms with E-state index in [-0.39, 0.29) is 34.9 Å². The third-order valence-corrected chi connectivity index (χ3v) is 5.60. The molecule has 0 aromatic heterocycles. The molecule has 6 nitrogen and oxygen atoms in total. The summed E-state index contributed by atoms with van der Waals surface area (Å²) in [6.45, 7) is 0.180. The SMILES string of the molecule is O=C(O)CCC(=O)c1ccc(Cl)c(S(=O)(=O)NCCc2ccccc2)c1. The zero-order valence-electron chi connectivity index (χ0n) is 13.8. The summed E-state index contributed by atoms with van der Waals surface area (Å²) in [5, 5.41) is 8.64. The molecule has 2 N–H and O–H groups in total. The number of carbonyl (C=O) groups is 2. The minimum Gasteiger partial charge on any atom is -0.481 e. The number of carbonyl (C=O) groups excluding carboxylic acids is 1. The highest BCUT2D eigenvalue weighted by molar-refractivity contribution is 7.89. The van der Waals surface area contributed by atoms with Crippen molar-refractivity contribution >= 4 is 33.4 Å². The lowest BCUT2D eigenvalue weighted by Crippen LogP contribution is -2.26. The van der Waals surface area contributed by atoms with Gasteiger partial charge >= 0.3 is 5.97 Å². The highest BCUT2D eigenvalue weighted by Crippen LogP contribution is 2.23. The number of aliphatic carboxylic acids is 1. The molecular weight excluding hydrogens is 378 g/mol. The van der Waals surface area contributed by atoms with Crippen LogP contribution in [0.4, 0.5) is 0 Å². The molecule has 8 heteroatoms. The third-order valence-electron chi connectivity index (χ3n) is 3.66. The van der Waals surface area contributed by atoms with Crippen molar-refractivity contribution in [3.05, 3.63) is 64.7 Å². The lowest BCUT2D eigenvalue weighted by atomic mass is 10.1. The summed E-state index contributed by atoms with van der Waals surface area (Å²) < 4.78 is 27.4. The van der Waals surface area contributed by atoms with Crippen LogP contribution in [-0.4, -0.2) is 31.8 Å². The van der Waals surface area contributed by atoms with Crippen molar-refractivity contribution in [3.8, 4) is 0 Å². The van der Waals surface area contributed by atoms with Gasteiger partial charge in [-0.3, -0.25) is 9.59 Å². The molecule has 2 rings (SSSR count). The van der Waals surface area contributed by atoms with Crippen LogP contribution in [0.3, 0.4) is 0 Å². The molecule has 0 heterocycles. The molecule has 26 heavy (non-hydrogen) atoms. The van der Waals surface area contributed by atoms with Crippen LogP contribution in [0.1, 0.15) is 28.8 Å². The van der Waals surface area contributed by atoms with Crippen LogP contribution in [0.5, 0.6) is 0 Å². The largest absolute Gasteiger partial charge is 0.481 e. The second-order valence-electron chi connectivity index (χ2n) is 5.60. The molecule has 0 atom stereocenters. The molecule has 0 aliphatic carbocycles. The van der Waals surface area contributed by atoms with Crippen LogP contribution < -0.4 is 4.72 Å². The minimum absolute atomic E-state index is 0.00741. The first-order chi connectivity index (χ1) is 12.3. The standard InChI is InChI=1S/C18H18ClNO5S/c19-15-7-6-14(16(21)8-9-18(22)23)12-17(15)26(24,25)20-11-10-13-4-2-1-3-5-13/h1-7,12,20H,8-11H2,(H,22,23). The summed E-state index contributed by atoms with van der Waals surface area (Å²) in [5.41, 5.74) is 1.10. The van der Waals surface area contributed by atoms with E-state index in [1.807, 2.05) is 30.3 Å². The molecule has 0 fully saturated rings. The van der Waals surface area contributed by atoms with E-state index in [0.717, 1.165) is 5.56 Å². The molecule has 0 saturated carbocycles. The van der Waals surface area contributed by atoms with Crippen LogP contribution in [0, 0.1) is 0 Å². The number of hydrogen-bond donors (Lipinski definition) is 2. The molecule has 0 radical (unpaired) electrons. The first-order valence-electron chi connectivity index (χ1n) is 7.88. The highest BCUT2D eigenvalue weighted by atomic mass is 35.5. The predicted octanol–water partition coefficient (Wildman–Crippen LogP) is 2.91. The molecule has 2 aromatic carbocycles. The summed E-state index contributed by atoms with van der Waals surface area (Å²) in [5.74, 6) is -1.55. The van der Waals surface area contributed by atoms with Gasteiger partial charge < -0.3 is 5.11 Å². The van der Waals surface area contributed by atoms with Crippen LogP contribution in [0.25, 0.3) is 0 Å². The van der Waals surface area contributed by atoms with Gasteiger partial charge in [-0.1, -0.05) is 41.9 Å². The maximum atomic E-state index is 12.5. The molecule has 2 aromatic rings. The van der Waals surface area contributed by atoms with Crippen LogP contribution in [0.2, 0.25) is 5.02 Å². The quantitative estimate of drug-likeness (QED) is 0.636. The number of rotatable bonds is 9. The van der Waals surface area contributed by atoms with Crippen molar-refractivity contribution in [2.24, 2.45) is 0 Å². The second-order valence-corrected chi connectivity index (χ2v) is 7.74. The molecule has 0 aliphatic rings. The number of Topliss-reactive ketones (excluding diaryl/α,β-unsaturated/α-hetero) is 1. The number of carboxylic acids is 1. The lowest BCUT2D eigenvalue weighted by molar-refractivity contribution is -0.136. The summed E-state index contributed by atoms with van der Waals surface area (Å²) in [6, 6.07) is 13.3. The van der Waals surface area contributed by atoms with E-state index in [2.05, 4.69) is 4.72 Å². The van der Waals surface area contributed by atoms with Crippen molar-refractivity contribution in [1.29, 1.82) is 0 Å². The maximum absolute atomic E-state index is 12.5. The Bertz CT molecular complexity index is 897. The van der Waals surface area contributed by atoms with Gasteiger partial charge in [0.25, 0.3) is 0 Å². The fourth-order valence-corrected chi connectivity index (χ4v) is 3.86. The second kappa shape index (κ2) is 8.93. The normalized spacial score (nSPS) is 11.3. The topological polar surface area (TPSA) is 101 Å². The number of benzene rings is 2. The highest BCUT2D eigenvalue weighted by Gasteiger charge is 2.20. The Kier molecular flexibility index (Phi) is 6.90. The van der Waals surface area contributed by atoms with Gasteiger partial charge in [0.2, 0.25) is 10.0 Å². The Hall–Kier alpha value is -2.22. The monoisotopic (exact) mass is 395 g/mol. The zero-order valence-corrected chi connectivity index (χ0v) is 15.4. The fraction of sp³-hybridized carbons (Fsp3) is 0.222. The van der Waals surface area contributed by atoms with E-state index in [1.54, 1.807) is 0 Å². The zero-order chi connectivity index (χ0) is 19.2. The lowest BCUT2D eigenvalue weighted by Gasteiger charge is -2.10. The van der Waals surface area contributed by atoms with Crippen molar-refractivity contribution in [1.82, 2.24) is 4.72 Å². The van der Waals surface area contributed by atoms with Gasteiger partial charge in [-0.2, -0.15) is 0 Å². The number of nitrogens with one attached hydrogen (secondary N) is 1. The number of carboxylic acid groups (broad SMARTS) is 1. The average molecular weight is 396 g/mol. The van der Waals surface area contributed by atoms with Gasteiger partial charge in [0.1, 0.15) is 4.90 Å².